The van der Waals surface area contributed by atoms with Crippen LogP contribution < -0.4 is 10.9 Å². The number of amides is 1. The van der Waals surface area contributed by atoms with Gasteiger partial charge in [-0.3, -0.25) is 4.79 Å². The van der Waals surface area contributed by atoms with E-state index in [1.807, 2.05) is 37.3 Å². The number of fused-ring (bicyclic) bond motifs is 5. The molecular weight excluding hydrogens is 484 g/mol. The van der Waals surface area contributed by atoms with Crippen LogP contribution in [0.2, 0.25) is 0 Å². The van der Waals surface area contributed by atoms with Gasteiger partial charge in [0.25, 0.3) is 0 Å². The summed E-state index contributed by atoms with van der Waals surface area (Å²) in [7, 11) is 0. The Morgan fingerprint density at radius 3 is 2.61 bits per heavy atom. The number of rotatable bonds is 6. The van der Waals surface area contributed by atoms with Gasteiger partial charge >= 0.3 is 11.6 Å². The Morgan fingerprint density at radius 2 is 1.79 bits per heavy atom. The number of carboxylic acid groups (broad SMARTS) is 1. The highest BCUT2D eigenvalue weighted by Gasteiger charge is 2.26. The average molecular weight is 513 g/mol. The molecule has 8 nitrogen and oxygen atoms in total. The average Bonchev–Trinajstić information content (AvgIpc) is 3.49. The maximum atomic E-state index is 13.0. The third-order valence-electron chi connectivity index (χ3n) is 7.79. The number of benzene rings is 2. The molecule has 1 amide bonds. The third-order valence-corrected chi connectivity index (χ3v) is 7.79. The minimum atomic E-state index is -1.14. The molecular formula is C30H28N2O6. The number of aryl methyl sites for hydroxylation is 4. The number of aliphatic carboxylic acids is 1. The van der Waals surface area contributed by atoms with Gasteiger partial charge in [0.05, 0.1) is 12.0 Å². The summed E-state index contributed by atoms with van der Waals surface area (Å²) in [5.41, 5.74) is 5.15. The van der Waals surface area contributed by atoms with Crippen molar-refractivity contribution in [2.75, 3.05) is 0 Å². The summed E-state index contributed by atoms with van der Waals surface area (Å²) >= 11 is 0. The molecule has 194 valence electrons. The van der Waals surface area contributed by atoms with Crippen molar-refractivity contribution in [3.63, 3.8) is 0 Å². The van der Waals surface area contributed by atoms with Crippen molar-refractivity contribution in [2.24, 2.45) is 0 Å². The summed E-state index contributed by atoms with van der Waals surface area (Å²) in [6.45, 7) is 3.69. The maximum Gasteiger partial charge on any atom is 0.340 e. The van der Waals surface area contributed by atoms with Gasteiger partial charge in [-0.2, -0.15) is 0 Å². The topological polar surface area (TPSA) is 126 Å². The SMILES string of the molecule is Cc1c(CC(=O)NC(Cc2c[nH]c3ccccc23)C(=O)O)c(=O)oc2c(C)c3oc4c(c3cc12)CCCC4. The van der Waals surface area contributed by atoms with E-state index < -0.39 is 23.5 Å². The maximum absolute atomic E-state index is 13.0. The smallest absolute Gasteiger partial charge is 0.340 e. The summed E-state index contributed by atoms with van der Waals surface area (Å²) in [5, 5.41) is 15.1. The van der Waals surface area contributed by atoms with Crippen molar-refractivity contribution >= 4 is 44.7 Å². The van der Waals surface area contributed by atoms with Gasteiger partial charge in [-0.25, -0.2) is 9.59 Å². The number of aromatic nitrogens is 1. The number of nitrogens with one attached hydrogen (secondary N) is 2. The van der Waals surface area contributed by atoms with Crippen LogP contribution in [0.5, 0.6) is 0 Å². The van der Waals surface area contributed by atoms with E-state index >= 15 is 0 Å². The Bertz CT molecular complexity index is 1810. The van der Waals surface area contributed by atoms with Crippen LogP contribution in [-0.2, 0) is 35.3 Å². The molecule has 0 fully saturated rings. The van der Waals surface area contributed by atoms with Crippen LogP contribution >= 0.6 is 0 Å². The first-order chi connectivity index (χ1) is 18.3. The van der Waals surface area contributed by atoms with Gasteiger partial charge in [0.2, 0.25) is 5.91 Å². The minimum Gasteiger partial charge on any atom is -0.480 e. The predicted octanol–water partition coefficient (Wildman–Crippen LogP) is 4.87. The molecule has 1 unspecified atom stereocenters. The van der Waals surface area contributed by atoms with Gasteiger partial charge in [0.15, 0.2) is 0 Å². The van der Waals surface area contributed by atoms with E-state index in [4.69, 9.17) is 8.83 Å². The quantitative estimate of drug-likeness (QED) is 0.279. The van der Waals surface area contributed by atoms with Gasteiger partial charge in [0, 0.05) is 51.8 Å². The largest absolute Gasteiger partial charge is 0.480 e. The fourth-order valence-electron chi connectivity index (χ4n) is 5.75. The molecule has 0 aliphatic heterocycles. The Labute approximate surface area is 217 Å². The predicted molar refractivity (Wildman–Crippen MR) is 144 cm³/mol. The lowest BCUT2D eigenvalue weighted by Crippen LogP contribution is -2.43. The van der Waals surface area contributed by atoms with E-state index in [-0.39, 0.29) is 18.4 Å². The van der Waals surface area contributed by atoms with Crippen molar-refractivity contribution in [3.05, 3.63) is 80.5 Å². The molecule has 0 spiro atoms. The highest BCUT2D eigenvalue weighted by atomic mass is 16.4. The van der Waals surface area contributed by atoms with Crippen LogP contribution in [0.25, 0.3) is 32.8 Å². The molecule has 6 rings (SSSR count). The van der Waals surface area contributed by atoms with E-state index in [1.165, 1.54) is 5.56 Å². The summed E-state index contributed by atoms with van der Waals surface area (Å²) in [5.74, 6) is -0.696. The van der Waals surface area contributed by atoms with E-state index in [1.54, 1.807) is 13.1 Å². The molecule has 1 atom stereocenters. The number of aromatic amines is 1. The van der Waals surface area contributed by atoms with Gasteiger partial charge in [-0.15, -0.1) is 0 Å². The zero-order valence-corrected chi connectivity index (χ0v) is 21.3. The Hall–Kier alpha value is -4.33. The molecule has 1 aliphatic carbocycles. The minimum absolute atomic E-state index is 0.110. The second kappa shape index (κ2) is 9.20. The summed E-state index contributed by atoms with van der Waals surface area (Å²) < 4.78 is 11.9. The fraction of sp³-hybridized carbons (Fsp3) is 0.300. The van der Waals surface area contributed by atoms with Crippen molar-refractivity contribution in [2.45, 2.75) is 58.4 Å². The van der Waals surface area contributed by atoms with Crippen LogP contribution in [0.1, 0.15) is 46.4 Å². The highest BCUT2D eigenvalue weighted by Crippen LogP contribution is 2.38. The van der Waals surface area contributed by atoms with Crippen LogP contribution in [0.4, 0.5) is 0 Å². The first-order valence-electron chi connectivity index (χ1n) is 12.9. The first kappa shape index (κ1) is 24.0. The second-order valence-corrected chi connectivity index (χ2v) is 10.2. The molecule has 3 heterocycles. The van der Waals surface area contributed by atoms with E-state index in [9.17, 15) is 19.5 Å². The van der Waals surface area contributed by atoms with Crippen molar-refractivity contribution in [3.8, 4) is 0 Å². The fourth-order valence-corrected chi connectivity index (χ4v) is 5.75. The molecule has 3 aromatic heterocycles. The molecule has 5 aromatic rings. The standard InChI is InChI=1S/C30H28N2O6/c1-15-20-12-22-19-8-4-6-10-25(19)37-28(22)16(2)27(20)38-30(36)21(15)13-26(33)32-24(29(34)35)11-17-14-31-23-9-5-3-7-18(17)23/h3,5,7,9,12,14,24,31H,4,6,8,10-11,13H2,1-2H3,(H,32,33)(H,34,35). The monoisotopic (exact) mass is 512 g/mol. The van der Waals surface area contributed by atoms with Gasteiger partial charge in [-0.1, -0.05) is 18.2 Å². The number of para-hydroxylation sites is 1. The molecule has 0 saturated carbocycles. The van der Waals surface area contributed by atoms with Crippen LogP contribution in [0.15, 0.2) is 50.2 Å². The molecule has 0 bridgehead atoms. The van der Waals surface area contributed by atoms with Gasteiger partial charge in [0.1, 0.15) is 23.0 Å². The number of carbonyl (C=O) groups is 2. The Morgan fingerprint density at radius 1 is 1.03 bits per heavy atom. The molecule has 3 N–H and O–H groups in total. The van der Waals surface area contributed by atoms with Gasteiger partial charge < -0.3 is 24.2 Å². The van der Waals surface area contributed by atoms with E-state index in [0.29, 0.717) is 11.1 Å². The van der Waals surface area contributed by atoms with Crippen molar-refractivity contribution in [1.29, 1.82) is 0 Å². The van der Waals surface area contributed by atoms with Crippen LogP contribution in [-0.4, -0.2) is 28.0 Å². The molecule has 38 heavy (non-hydrogen) atoms. The van der Waals surface area contributed by atoms with Crippen LogP contribution in [0.3, 0.4) is 0 Å². The normalized spacial score (nSPS) is 14.2. The zero-order chi connectivity index (χ0) is 26.6. The molecule has 8 heteroatoms. The number of H-pyrrole nitrogens is 1. The molecule has 2 aromatic carbocycles. The Balaban J connectivity index is 1.31. The molecule has 0 radical (unpaired) electrons. The highest BCUT2D eigenvalue weighted by molar-refractivity contribution is 6.00. The number of hydrogen-bond acceptors (Lipinski definition) is 5. The lowest BCUT2D eigenvalue weighted by Gasteiger charge is -2.15. The lowest BCUT2D eigenvalue weighted by molar-refractivity contribution is -0.141. The lowest BCUT2D eigenvalue weighted by atomic mass is 9.93. The summed E-state index contributed by atoms with van der Waals surface area (Å²) in [4.78, 5) is 41.1. The number of carbonyl (C=O) groups excluding carboxylic acids is 1. The molecule has 1 aliphatic rings. The number of hydrogen-bond donors (Lipinski definition) is 3. The van der Waals surface area contributed by atoms with Crippen LogP contribution in [0, 0.1) is 13.8 Å². The number of furan rings is 1. The van der Waals surface area contributed by atoms with Crippen molar-refractivity contribution < 1.29 is 23.5 Å². The van der Waals surface area contributed by atoms with E-state index in [2.05, 4.69) is 10.3 Å². The first-order valence-corrected chi connectivity index (χ1v) is 12.9. The van der Waals surface area contributed by atoms with E-state index in [0.717, 1.165) is 69.8 Å². The molecule has 0 saturated heterocycles. The number of carboxylic acids is 1. The van der Waals surface area contributed by atoms with Gasteiger partial charge in [-0.05, 0) is 56.4 Å². The second-order valence-electron chi connectivity index (χ2n) is 10.2. The third kappa shape index (κ3) is 3.97. The van der Waals surface area contributed by atoms with Crippen molar-refractivity contribution in [1.82, 2.24) is 10.3 Å². The Kier molecular flexibility index (Phi) is 5.82. The zero-order valence-electron chi connectivity index (χ0n) is 21.3. The summed E-state index contributed by atoms with van der Waals surface area (Å²) in [6.07, 6.45) is 5.64. The summed E-state index contributed by atoms with van der Waals surface area (Å²) in [6, 6.07) is 8.44.